The van der Waals surface area contributed by atoms with Crippen LogP contribution < -0.4 is 10.0 Å². The van der Waals surface area contributed by atoms with Crippen LogP contribution in [0.25, 0.3) is 0 Å². The first-order valence-corrected chi connectivity index (χ1v) is 11.5. The number of rotatable bonds is 11. The molecule has 0 aromatic heterocycles. The van der Waals surface area contributed by atoms with Crippen molar-refractivity contribution in [2.45, 2.75) is 38.3 Å². The van der Waals surface area contributed by atoms with E-state index in [1.165, 1.54) is 17.7 Å². The molecule has 6 nitrogen and oxygen atoms in total. The number of nitrogens with zero attached hydrogens (tertiary/aromatic N) is 1. The van der Waals surface area contributed by atoms with E-state index in [-0.39, 0.29) is 23.8 Å². The third-order valence-corrected chi connectivity index (χ3v) is 6.33. The van der Waals surface area contributed by atoms with Crippen molar-refractivity contribution in [1.82, 2.24) is 14.9 Å². The summed E-state index contributed by atoms with van der Waals surface area (Å²) in [7, 11) is -3.69. The molecule has 0 aliphatic carbocycles. The number of sulfonamides is 1. The molecule has 2 N–H and O–H groups in total. The summed E-state index contributed by atoms with van der Waals surface area (Å²) in [4.78, 5) is 14.6. The van der Waals surface area contributed by atoms with E-state index in [0.717, 1.165) is 25.2 Å². The number of nitrogens with one attached hydrogen (secondary N) is 2. The summed E-state index contributed by atoms with van der Waals surface area (Å²) in [6.07, 6.45) is 0.0536. The average molecular weight is 438 g/mol. The van der Waals surface area contributed by atoms with Crippen molar-refractivity contribution in [2.24, 2.45) is 0 Å². The van der Waals surface area contributed by atoms with Gasteiger partial charge in [-0.1, -0.05) is 55.8 Å². The molecule has 0 bridgehead atoms. The van der Waals surface area contributed by atoms with Gasteiger partial charge in [0, 0.05) is 31.1 Å². The van der Waals surface area contributed by atoms with E-state index in [9.17, 15) is 13.2 Å². The number of hydrogen-bond donors (Lipinski definition) is 2. The Labute approximate surface area is 178 Å². The predicted molar refractivity (Wildman–Crippen MR) is 116 cm³/mol. The van der Waals surface area contributed by atoms with Crippen molar-refractivity contribution in [3.63, 3.8) is 0 Å². The lowest BCUT2D eigenvalue weighted by Crippen LogP contribution is -2.31. The Morgan fingerprint density at radius 3 is 2.38 bits per heavy atom. The van der Waals surface area contributed by atoms with Crippen molar-refractivity contribution in [3.05, 3.63) is 64.7 Å². The molecule has 0 heterocycles. The third-order valence-electron chi connectivity index (χ3n) is 4.63. The molecule has 0 radical (unpaired) electrons. The minimum absolute atomic E-state index is 0.0156. The fourth-order valence-corrected chi connectivity index (χ4v) is 4.20. The minimum atomic E-state index is -3.69. The van der Waals surface area contributed by atoms with Gasteiger partial charge in [0.05, 0.1) is 4.90 Å². The highest BCUT2D eigenvalue weighted by molar-refractivity contribution is 7.89. The number of amides is 1. The number of carbonyl (C=O) groups is 1. The standard InChI is InChI=1S/C21H28ClN3O3S/c1-3-25(4-2)16-18-9-6-5-8-17(18)15-23-21(26)12-13-24-29(27,28)20-11-7-10-19(22)14-20/h5-11,14,24H,3-4,12-13,15-16H2,1-2H3,(H,23,26). The molecule has 2 aromatic carbocycles. The molecule has 0 spiro atoms. The van der Waals surface area contributed by atoms with Crippen LogP contribution in [-0.4, -0.2) is 38.9 Å². The van der Waals surface area contributed by atoms with Gasteiger partial charge in [0.25, 0.3) is 0 Å². The van der Waals surface area contributed by atoms with E-state index in [1.54, 1.807) is 12.1 Å². The fourth-order valence-electron chi connectivity index (χ4n) is 2.87. The normalized spacial score (nSPS) is 11.6. The first-order chi connectivity index (χ1) is 13.9. The molecule has 0 aliphatic heterocycles. The summed E-state index contributed by atoms with van der Waals surface area (Å²) in [5, 5.41) is 3.21. The van der Waals surface area contributed by atoms with Gasteiger partial charge in [0.15, 0.2) is 0 Å². The molecular formula is C21H28ClN3O3S. The first kappa shape index (κ1) is 23.3. The van der Waals surface area contributed by atoms with Crippen LogP contribution in [0.4, 0.5) is 0 Å². The zero-order valence-corrected chi connectivity index (χ0v) is 18.4. The molecule has 8 heteroatoms. The van der Waals surface area contributed by atoms with E-state index in [1.807, 2.05) is 18.2 Å². The second-order valence-electron chi connectivity index (χ2n) is 6.61. The zero-order valence-electron chi connectivity index (χ0n) is 16.8. The molecule has 0 aliphatic rings. The second kappa shape index (κ2) is 11.3. The van der Waals surface area contributed by atoms with Gasteiger partial charge >= 0.3 is 0 Å². The van der Waals surface area contributed by atoms with Crippen molar-refractivity contribution >= 4 is 27.5 Å². The summed E-state index contributed by atoms with van der Waals surface area (Å²) in [6, 6.07) is 14.0. The van der Waals surface area contributed by atoms with Crippen LogP contribution in [0.15, 0.2) is 53.4 Å². The summed E-state index contributed by atoms with van der Waals surface area (Å²) >= 11 is 5.84. The van der Waals surface area contributed by atoms with Gasteiger partial charge in [0.2, 0.25) is 15.9 Å². The predicted octanol–water partition coefficient (Wildman–Crippen LogP) is 3.17. The number of carbonyl (C=O) groups excluding carboxylic acids is 1. The summed E-state index contributed by atoms with van der Waals surface area (Å²) < 4.78 is 26.9. The van der Waals surface area contributed by atoms with Crippen LogP contribution in [0.5, 0.6) is 0 Å². The van der Waals surface area contributed by atoms with E-state index in [0.29, 0.717) is 11.6 Å². The van der Waals surface area contributed by atoms with Crippen LogP contribution in [0.2, 0.25) is 5.02 Å². The minimum Gasteiger partial charge on any atom is -0.352 e. The largest absolute Gasteiger partial charge is 0.352 e. The van der Waals surface area contributed by atoms with E-state index >= 15 is 0 Å². The van der Waals surface area contributed by atoms with Crippen LogP contribution in [0, 0.1) is 0 Å². The highest BCUT2D eigenvalue weighted by Crippen LogP contribution is 2.15. The van der Waals surface area contributed by atoms with Crippen LogP contribution in [0.1, 0.15) is 31.4 Å². The van der Waals surface area contributed by atoms with Gasteiger partial charge in [-0.15, -0.1) is 0 Å². The van der Waals surface area contributed by atoms with Crippen LogP contribution >= 0.6 is 11.6 Å². The van der Waals surface area contributed by atoms with Crippen molar-refractivity contribution in [1.29, 1.82) is 0 Å². The smallest absolute Gasteiger partial charge is 0.240 e. The molecular weight excluding hydrogens is 410 g/mol. The topological polar surface area (TPSA) is 78.5 Å². The fraction of sp³-hybridized carbons (Fsp3) is 0.381. The quantitative estimate of drug-likeness (QED) is 0.566. The molecule has 0 saturated carbocycles. The molecule has 1 amide bonds. The summed E-state index contributed by atoms with van der Waals surface area (Å²) in [5.74, 6) is -0.212. The number of hydrogen-bond acceptors (Lipinski definition) is 4. The molecule has 0 saturated heterocycles. The lowest BCUT2D eigenvalue weighted by molar-refractivity contribution is -0.121. The Morgan fingerprint density at radius 1 is 1.03 bits per heavy atom. The van der Waals surface area contributed by atoms with Crippen molar-refractivity contribution < 1.29 is 13.2 Å². The zero-order chi connectivity index (χ0) is 21.3. The van der Waals surface area contributed by atoms with Gasteiger partial charge in [0.1, 0.15) is 0 Å². The monoisotopic (exact) mass is 437 g/mol. The average Bonchev–Trinajstić information content (AvgIpc) is 2.71. The maximum absolute atomic E-state index is 12.2. The summed E-state index contributed by atoms with van der Waals surface area (Å²) in [5.41, 5.74) is 2.24. The molecule has 29 heavy (non-hydrogen) atoms. The maximum Gasteiger partial charge on any atom is 0.240 e. The lowest BCUT2D eigenvalue weighted by Gasteiger charge is -2.20. The van der Waals surface area contributed by atoms with Crippen LogP contribution in [-0.2, 0) is 27.9 Å². The SMILES string of the molecule is CCN(CC)Cc1ccccc1CNC(=O)CCNS(=O)(=O)c1cccc(Cl)c1. The number of halogens is 1. The van der Waals surface area contributed by atoms with Gasteiger partial charge in [-0.3, -0.25) is 9.69 Å². The van der Waals surface area contributed by atoms with Crippen molar-refractivity contribution in [2.75, 3.05) is 19.6 Å². The van der Waals surface area contributed by atoms with Gasteiger partial charge in [-0.05, 0) is 42.4 Å². The Hall–Kier alpha value is -1.93. The number of benzene rings is 2. The van der Waals surface area contributed by atoms with Gasteiger partial charge in [-0.2, -0.15) is 0 Å². The molecule has 2 aromatic rings. The highest BCUT2D eigenvalue weighted by atomic mass is 35.5. The lowest BCUT2D eigenvalue weighted by atomic mass is 10.1. The molecule has 0 atom stereocenters. The maximum atomic E-state index is 12.2. The second-order valence-corrected chi connectivity index (χ2v) is 8.82. The van der Waals surface area contributed by atoms with E-state index < -0.39 is 10.0 Å². The van der Waals surface area contributed by atoms with Gasteiger partial charge in [-0.25, -0.2) is 13.1 Å². The van der Waals surface area contributed by atoms with Crippen LogP contribution in [0.3, 0.4) is 0 Å². The molecule has 158 valence electrons. The van der Waals surface area contributed by atoms with E-state index in [2.05, 4.69) is 34.9 Å². The molecule has 0 unspecified atom stereocenters. The Balaban J connectivity index is 1.85. The van der Waals surface area contributed by atoms with Gasteiger partial charge < -0.3 is 5.32 Å². The Kier molecular flexibility index (Phi) is 9.10. The third kappa shape index (κ3) is 7.44. The Morgan fingerprint density at radius 2 is 1.72 bits per heavy atom. The van der Waals surface area contributed by atoms with E-state index in [4.69, 9.17) is 11.6 Å². The molecule has 0 fully saturated rings. The highest BCUT2D eigenvalue weighted by Gasteiger charge is 2.14. The van der Waals surface area contributed by atoms with Crippen molar-refractivity contribution in [3.8, 4) is 0 Å². The first-order valence-electron chi connectivity index (χ1n) is 9.66. The molecule has 2 rings (SSSR count). The summed E-state index contributed by atoms with van der Waals surface area (Å²) in [6.45, 7) is 7.43. The Bertz CT molecular complexity index is 915.